The molecule has 0 aliphatic carbocycles. The summed E-state index contributed by atoms with van der Waals surface area (Å²) in [4.78, 5) is 26.0. The number of carbonyl (C=O) groups excluding carboxylic acids is 1. The SMILES string of the molecule is CN(C)CCC(C(=O)[O-])c1ccc(Cl)cc1Cn1nc(-c2ccc(C(F)(F)F)cc2)oc1=O. The van der Waals surface area contributed by atoms with Gasteiger partial charge in [-0.1, -0.05) is 17.7 Å². The molecule has 1 unspecified atom stereocenters. The largest absolute Gasteiger partial charge is 0.549 e. The molecule has 1 heterocycles. The van der Waals surface area contributed by atoms with E-state index in [0.29, 0.717) is 22.7 Å². The van der Waals surface area contributed by atoms with Crippen molar-refractivity contribution in [3.05, 3.63) is 74.7 Å². The van der Waals surface area contributed by atoms with Crippen molar-refractivity contribution >= 4 is 17.6 Å². The first kappa shape index (κ1) is 24.5. The number of alkyl halides is 3. The summed E-state index contributed by atoms with van der Waals surface area (Å²) >= 11 is 6.09. The van der Waals surface area contributed by atoms with E-state index in [1.807, 2.05) is 19.0 Å². The van der Waals surface area contributed by atoms with E-state index in [2.05, 4.69) is 5.10 Å². The van der Waals surface area contributed by atoms with Crippen molar-refractivity contribution in [3.63, 3.8) is 0 Å². The number of hydrogen-bond acceptors (Lipinski definition) is 6. The van der Waals surface area contributed by atoms with Gasteiger partial charge in [-0.3, -0.25) is 0 Å². The number of aromatic nitrogens is 2. The lowest BCUT2D eigenvalue weighted by Crippen LogP contribution is -2.32. The minimum absolute atomic E-state index is 0.148. The molecule has 3 aromatic rings. The summed E-state index contributed by atoms with van der Waals surface area (Å²) in [6.07, 6.45) is -4.22. The van der Waals surface area contributed by atoms with Gasteiger partial charge in [-0.05, 0) is 74.6 Å². The summed E-state index contributed by atoms with van der Waals surface area (Å²) in [5, 5.41) is 16.2. The van der Waals surface area contributed by atoms with E-state index in [0.717, 1.165) is 28.9 Å². The molecule has 0 N–H and O–H groups in total. The fourth-order valence-corrected chi connectivity index (χ4v) is 3.52. The van der Waals surface area contributed by atoms with Crippen LogP contribution >= 0.6 is 11.6 Å². The Bertz CT molecular complexity index is 1190. The Morgan fingerprint density at radius 3 is 2.45 bits per heavy atom. The Kier molecular flexibility index (Phi) is 7.28. The number of halogens is 4. The zero-order valence-corrected chi connectivity index (χ0v) is 18.5. The van der Waals surface area contributed by atoms with Crippen molar-refractivity contribution in [2.75, 3.05) is 20.6 Å². The third-order valence-electron chi connectivity index (χ3n) is 5.02. The van der Waals surface area contributed by atoms with Gasteiger partial charge in [0, 0.05) is 22.5 Å². The maximum Gasteiger partial charge on any atom is 0.437 e. The Hall–Kier alpha value is -3.11. The lowest BCUT2D eigenvalue weighted by molar-refractivity contribution is -0.308. The molecule has 0 radical (unpaired) electrons. The molecule has 33 heavy (non-hydrogen) atoms. The average molecular weight is 483 g/mol. The normalized spacial score (nSPS) is 12.8. The van der Waals surface area contributed by atoms with Crippen molar-refractivity contribution in [3.8, 4) is 11.5 Å². The van der Waals surface area contributed by atoms with Crippen LogP contribution in [0.1, 0.15) is 29.0 Å². The number of carboxylic acid groups (broad SMARTS) is 1. The third kappa shape index (κ3) is 6.02. The Morgan fingerprint density at radius 2 is 1.88 bits per heavy atom. The van der Waals surface area contributed by atoms with Crippen molar-refractivity contribution in [1.82, 2.24) is 14.7 Å². The maximum absolute atomic E-state index is 12.8. The quantitative estimate of drug-likeness (QED) is 0.490. The number of rotatable bonds is 8. The van der Waals surface area contributed by atoms with Gasteiger partial charge in [-0.25, -0.2) is 4.79 Å². The number of benzene rings is 2. The van der Waals surface area contributed by atoms with Crippen molar-refractivity contribution in [2.24, 2.45) is 0 Å². The monoisotopic (exact) mass is 482 g/mol. The van der Waals surface area contributed by atoms with Crippen LogP contribution in [-0.4, -0.2) is 41.3 Å². The van der Waals surface area contributed by atoms with Gasteiger partial charge in [-0.15, -0.1) is 5.10 Å². The van der Waals surface area contributed by atoms with Crippen LogP contribution in [0.3, 0.4) is 0 Å². The van der Waals surface area contributed by atoms with Gasteiger partial charge in [0.15, 0.2) is 0 Å². The summed E-state index contributed by atoms with van der Waals surface area (Å²) in [5.41, 5.74) is 0.198. The molecular formula is C22H20ClF3N3O4-. The van der Waals surface area contributed by atoms with Gasteiger partial charge in [-0.2, -0.15) is 17.9 Å². The second-order valence-corrected chi connectivity index (χ2v) is 8.15. The van der Waals surface area contributed by atoms with Crippen molar-refractivity contribution in [2.45, 2.75) is 25.1 Å². The number of carbonyl (C=O) groups is 1. The molecule has 0 saturated carbocycles. The summed E-state index contributed by atoms with van der Waals surface area (Å²) < 4.78 is 44.4. The highest BCUT2D eigenvalue weighted by atomic mass is 35.5. The Balaban J connectivity index is 1.93. The van der Waals surface area contributed by atoms with Crippen molar-refractivity contribution < 1.29 is 27.5 Å². The lowest BCUT2D eigenvalue weighted by Gasteiger charge is -2.23. The highest BCUT2D eigenvalue weighted by Crippen LogP contribution is 2.31. The minimum atomic E-state index is -4.50. The molecule has 7 nitrogen and oxygen atoms in total. The molecule has 2 aromatic carbocycles. The first-order chi connectivity index (χ1) is 15.5. The predicted octanol–water partition coefficient (Wildman–Crippen LogP) is 3.01. The van der Waals surface area contributed by atoms with Crippen LogP contribution in [0.5, 0.6) is 0 Å². The van der Waals surface area contributed by atoms with E-state index in [1.54, 1.807) is 12.1 Å². The zero-order valence-electron chi connectivity index (χ0n) is 17.7. The van der Waals surface area contributed by atoms with Crippen LogP contribution in [0.2, 0.25) is 5.02 Å². The van der Waals surface area contributed by atoms with E-state index >= 15 is 0 Å². The number of aliphatic carboxylic acids is 1. The topological polar surface area (TPSA) is 91.4 Å². The van der Waals surface area contributed by atoms with Gasteiger partial charge in [0.2, 0.25) is 5.89 Å². The van der Waals surface area contributed by atoms with Gasteiger partial charge >= 0.3 is 11.9 Å². The molecule has 0 fully saturated rings. The number of carboxylic acids is 1. The molecule has 1 atom stereocenters. The van der Waals surface area contributed by atoms with Crippen LogP contribution in [-0.2, 0) is 17.5 Å². The summed E-state index contributed by atoms with van der Waals surface area (Å²) in [6.45, 7) is 0.341. The molecule has 0 aliphatic heterocycles. The standard InChI is InChI=1S/C22H21ClF3N3O4/c1-28(2)10-9-18(20(30)31)17-8-7-16(23)11-14(17)12-29-21(32)33-19(27-29)13-3-5-15(6-4-13)22(24,25)26/h3-8,11,18H,9-10,12H2,1-2H3,(H,30,31)/p-1. The van der Waals surface area contributed by atoms with Gasteiger partial charge in [0.1, 0.15) is 0 Å². The smallest absolute Gasteiger partial charge is 0.437 e. The first-order valence-corrected chi connectivity index (χ1v) is 10.2. The van der Waals surface area contributed by atoms with E-state index in [-0.39, 0.29) is 24.4 Å². The summed E-state index contributed by atoms with van der Waals surface area (Å²) in [6, 6.07) is 8.66. The predicted molar refractivity (Wildman–Crippen MR) is 113 cm³/mol. The molecule has 0 saturated heterocycles. The molecule has 11 heteroatoms. The second-order valence-electron chi connectivity index (χ2n) is 7.71. The molecule has 0 aliphatic rings. The molecular weight excluding hydrogens is 463 g/mol. The fraction of sp³-hybridized carbons (Fsp3) is 0.318. The zero-order chi connectivity index (χ0) is 24.3. The van der Waals surface area contributed by atoms with E-state index in [4.69, 9.17) is 16.0 Å². The molecule has 176 valence electrons. The Labute approximate surface area is 192 Å². The van der Waals surface area contributed by atoms with Gasteiger partial charge in [0.05, 0.1) is 12.1 Å². The molecule has 0 spiro atoms. The van der Waals surface area contributed by atoms with Crippen LogP contribution in [0.15, 0.2) is 51.7 Å². The van der Waals surface area contributed by atoms with E-state index in [1.165, 1.54) is 6.07 Å². The fourth-order valence-electron chi connectivity index (χ4n) is 3.32. The molecule has 0 bridgehead atoms. The third-order valence-corrected chi connectivity index (χ3v) is 5.25. The summed E-state index contributed by atoms with van der Waals surface area (Å²) in [7, 11) is 3.62. The second kappa shape index (κ2) is 9.80. The van der Waals surface area contributed by atoms with Gasteiger partial charge in [0.25, 0.3) is 0 Å². The van der Waals surface area contributed by atoms with Crippen LogP contribution in [0, 0.1) is 0 Å². The van der Waals surface area contributed by atoms with Crippen LogP contribution in [0.4, 0.5) is 13.2 Å². The van der Waals surface area contributed by atoms with Crippen molar-refractivity contribution in [1.29, 1.82) is 0 Å². The molecule has 1 aromatic heterocycles. The van der Waals surface area contributed by atoms with Crippen LogP contribution < -0.4 is 10.9 Å². The highest BCUT2D eigenvalue weighted by molar-refractivity contribution is 6.30. The maximum atomic E-state index is 12.8. The number of hydrogen-bond donors (Lipinski definition) is 0. The number of nitrogens with zero attached hydrogens (tertiary/aromatic N) is 3. The van der Waals surface area contributed by atoms with Gasteiger partial charge < -0.3 is 19.2 Å². The molecule has 3 rings (SSSR count). The first-order valence-electron chi connectivity index (χ1n) is 9.85. The lowest BCUT2D eigenvalue weighted by atomic mass is 9.91. The van der Waals surface area contributed by atoms with E-state index < -0.39 is 29.4 Å². The minimum Gasteiger partial charge on any atom is -0.549 e. The van der Waals surface area contributed by atoms with Crippen LogP contribution in [0.25, 0.3) is 11.5 Å². The highest BCUT2D eigenvalue weighted by Gasteiger charge is 2.30. The summed E-state index contributed by atoms with van der Waals surface area (Å²) in [5.74, 6) is -3.23. The molecule has 0 amide bonds. The Morgan fingerprint density at radius 1 is 1.21 bits per heavy atom. The van der Waals surface area contributed by atoms with E-state index in [9.17, 15) is 27.9 Å². The average Bonchev–Trinajstić information content (AvgIpc) is 3.09.